The summed E-state index contributed by atoms with van der Waals surface area (Å²) in [6, 6.07) is 7.75. The fraction of sp³-hybridized carbons (Fsp3) is 0.571. The van der Waals surface area contributed by atoms with E-state index in [9.17, 15) is 5.11 Å². The van der Waals surface area contributed by atoms with Gasteiger partial charge in [-0.05, 0) is 55.0 Å². The minimum absolute atomic E-state index is 0.382. The number of phenolic OH excluding ortho intramolecular Hbond substituents is 1. The average molecular weight is 251 g/mol. The number of likely N-dealkylation sites (N-methyl/N-ethyl adjacent to an activating group) is 1. The molecule has 3 heteroatoms. The smallest absolute Gasteiger partial charge is 0.115 e. The third-order valence-corrected chi connectivity index (χ3v) is 4.73. The third kappa shape index (κ3) is 3.39. The molecule has 2 unspecified atom stereocenters. The van der Waals surface area contributed by atoms with Crippen LogP contribution in [0.3, 0.4) is 0 Å². The first-order valence-electron chi connectivity index (χ1n) is 6.32. The molecule has 2 rings (SSSR count). The summed E-state index contributed by atoms with van der Waals surface area (Å²) >= 11 is 2.07. The molecule has 2 N–H and O–H groups in total. The zero-order chi connectivity index (χ0) is 12.1. The van der Waals surface area contributed by atoms with Gasteiger partial charge < -0.3 is 10.4 Å². The molecule has 1 fully saturated rings. The number of thioether (sulfide) groups is 1. The molecule has 0 saturated carbocycles. The van der Waals surface area contributed by atoms with Crippen molar-refractivity contribution in [1.29, 1.82) is 0 Å². The number of hydrogen-bond donors (Lipinski definition) is 2. The Balaban J connectivity index is 2.15. The summed E-state index contributed by atoms with van der Waals surface area (Å²) in [7, 11) is 2.01. The van der Waals surface area contributed by atoms with E-state index in [2.05, 4.69) is 23.1 Å². The van der Waals surface area contributed by atoms with Crippen molar-refractivity contribution in [3.05, 3.63) is 29.8 Å². The van der Waals surface area contributed by atoms with Crippen molar-refractivity contribution in [2.24, 2.45) is 5.92 Å². The minimum Gasteiger partial charge on any atom is -0.508 e. The molecule has 1 aliphatic heterocycles. The molecule has 0 aliphatic carbocycles. The average Bonchev–Trinajstić information content (AvgIpc) is 2.37. The van der Waals surface area contributed by atoms with Gasteiger partial charge in [-0.3, -0.25) is 0 Å². The molecule has 0 spiro atoms. The van der Waals surface area contributed by atoms with Gasteiger partial charge in [0.25, 0.3) is 0 Å². The summed E-state index contributed by atoms with van der Waals surface area (Å²) < 4.78 is 0. The van der Waals surface area contributed by atoms with E-state index in [1.165, 1.54) is 29.9 Å². The van der Waals surface area contributed by atoms with Crippen LogP contribution in [0.5, 0.6) is 5.75 Å². The Hall–Kier alpha value is -0.670. The Morgan fingerprint density at radius 1 is 1.53 bits per heavy atom. The Morgan fingerprint density at radius 2 is 2.41 bits per heavy atom. The van der Waals surface area contributed by atoms with Crippen LogP contribution in [0.4, 0.5) is 0 Å². The van der Waals surface area contributed by atoms with E-state index >= 15 is 0 Å². The number of aromatic hydroxyl groups is 1. The zero-order valence-corrected chi connectivity index (χ0v) is 11.2. The zero-order valence-electron chi connectivity index (χ0n) is 10.4. The highest BCUT2D eigenvalue weighted by Crippen LogP contribution is 2.35. The molecule has 2 nitrogen and oxygen atoms in total. The van der Waals surface area contributed by atoms with Gasteiger partial charge in [-0.25, -0.2) is 0 Å². The maximum Gasteiger partial charge on any atom is 0.115 e. The van der Waals surface area contributed by atoms with Gasteiger partial charge in [0.1, 0.15) is 5.75 Å². The van der Waals surface area contributed by atoms with Gasteiger partial charge in [-0.2, -0.15) is 11.8 Å². The molecule has 17 heavy (non-hydrogen) atoms. The second-order valence-electron chi connectivity index (χ2n) is 4.74. The monoisotopic (exact) mass is 251 g/mol. The molecule has 1 aromatic carbocycles. The van der Waals surface area contributed by atoms with Gasteiger partial charge in [-0.1, -0.05) is 12.1 Å². The van der Waals surface area contributed by atoms with Crippen molar-refractivity contribution in [1.82, 2.24) is 5.32 Å². The molecule has 1 saturated heterocycles. The highest BCUT2D eigenvalue weighted by Gasteiger charge is 2.24. The highest BCUT2D eigenvalue weighted by molar-refractivity contribution is 7.99. The number of benzene rings is 1. The van der Waals surface area contributed by atoms with Crippen molar-refractivity contribution in [3.8, 4) is 5.75 Å². The largest absolute Gasteiger partial charge is 0.508 e. The van der Waals surface area contributed by atoms with Crippen LogP contribution in [0.25, 0.3) is 0 Å². The third-order valence-electron chi connectivity index (χ3n) is 3.49. The molecule has 1 aromatic rings. The summed E-state index contributed by atoms with van der Waals surface area (Å²) in [4.78, 5) is 0. The number of nitrogens with one attached hydrogen (secondary N) is 1. The van der Waals surface area contributed by atoms with E-state index in [1.807, 2.05) is 19.2 Å². The first-order valence-corrected chi connectivity index (χ1v) is 7.48. The van der Waals surface area contributed by atoms with Crippen molar-refractivity contribution in [2.75, 3.05) is 25.1 Å². The summed E-state index contributed by atoms with van der Waals surface area (Å²) in [5.74, 6) is 4.21. The predicted octanol–water partition coefficient (Wildman–Crippen LogP) is 2.84. The van der Waals surface area contributed by atoms with Crippen LogP contribution < -0.4 is 5.32 Å². The Bertz CT molecular complexity index is 350. The lowest BCUT2D eigenvalue weighted by molar-refractivity contribution is 0.410. The minimum atomic E-state index is 0.382. The predicted molar refractivity (Wildman–Crippen MR) is 74.8 cm³/mol. The van der Waals surface area contributed by atoms with Crippen LogP contribution in [0.15, 0.2) is 24.3 Å². The Morgan fingerprint density at radius 3 is 3.06 bits per heavy atom. The van der Waals surface area contributed by atoms with Gasteiger partial charge in [0.2, 0.25) is 0 Å². The quantitative estimate of drug-likeness (QED) is 0.863. The standard InChI is InChI=1S/C14H21NOS/c1-15-9-14(12-5-3-7-17-10-12)11-4-2-6-13(16)8-11/h2,4,6,8,12,14-16H,3,5,7,9-10H2,1H3. The maximum absolute atomic E-state index is 9.60. The number of hydrogen-bond acceptors (Lipinski definition) is 3. The van der Waals surface area contributed by atoms with E-state index in [-0.39, 0.29) is 0 Å². The molecule has 2 atom stereocenters. The van der Waals surface area contributed by atoms with Crippen LogP contribution in [0.2, 0.25) is 0 Å². The van der Waals surface area contributed by atoms with E-state index < -0.39 is 0 Å². The molecular formula is C14H21NOS. The molecule has 94 valence electrons. The Kier molecular flexibility index (Phi) is 4.75. The second kappa shape index (κ2) is 6.31. The van der Waals surface area contributed by atoms with Crippen molar-refractivity contribution in [3.63, 3.8) is 0 Å². The van der Waals surface area contributed by atoms with E-state index in [0.29, 0.717) is 11.7 Å². The van der Waals surface area contributed by atoms with Crippen LogP contribution in [0.1, 0.15) is 24.3 Å². The lowest BCUT2D eigenvalue weighted by Crippen LogP contribution is -2.27. The van der Waals surface area contributed by atoms with Crippen molar-refractivity contribution in [2.45, 2.75) is 18.8 Å². The van der Waals surface area contributed by atoms with Gasteiger partial charge in [0.15, 0.2) is 0 Å². The number of rotatable bonds is 4. The molecule has 0 aromatic heterocycles. The molecular weight excluding hydrogens is 230 g/mol. The lowest BCUT2D eigenvalue weighted by atomic mass is 9.84. The van der Waals surface area contributed by atoms with Gasteiger partial charge in [0, 0.05) is 12.5 Å². The summed E-state index contributed by atoms with van der Waals surface area (Å²) in [5.41, 5.74) is 1.27. The molecule has 0 amide bonds. The van der Waals surface area contributed by atoms with E-state index in [1.54, 1.807) is 6.07 Å². The first-order chi connectivity index (χ1) is 8.31. The van der Waals surface area contributed by atoms with Crippen LogP contribution >= 0.6 is 11.8 Å². The summed E-state index contributed by atoms with van der Waals surface area (Å²) in [6.45, 7) is 0.995. The fourth-order valence-electron chi connectivity index (χ4n) is 2.61. The van der Waals surface area contributed by atoms with E-state index in [0.717, 1.165) is 12.5 Å². The molecule has 0 radical (unpaired) electrons. The number of phenols is 1. The Labute approximate surface area is 108 Å². The maximum atomic E-state index is 9.60. The second-order valence-corrected chi connectivity index (χ2v) is 5.89. The molecule has 1 aliphatic rings. The van der Waals surface area contributed by atoms with Crippen LogP contribution in [-0.2, 0) is 0 Å². The molecule has 0 bridgehead atoms. The van der Waals surface area contributed by atoms with Crippen LogP contribution in [-0.4, -0.2) is 30.2 Å². The molecule has 1 heterocycles. The van der Waals surface area contributed by atoms with Gasteiger partial charge in [0.05, 0.1) is 0 Å². The highest BCUT2D eigenvalue weighted by atomic mass is 32.2. The van der Waals surface area contributed by atoms with Crippen LogP contribution in [0, 0.1) is 5.92 Å². The van der Waals surface area contributed by atoms with Crippen molar-refractivity contribution < 1.29 is 5.11 Å². The fourth-order valence-corrected chi connectivity index (χ4v) is 3.85. The normalized spacial score (nSPS) is 22.3. The topological polar surface area (TPSA) is 32.3 Å². The lowest BCUT2D eigenvalue weighted by Gasteiger charge is -2.30. The SMILES string of the molecule is CNCC(c1cccc(O)c1)C1CCCSC1. The first kappa shape index (κ1) is 12.8. The van der Waals surface area contributed by atoms with Crippen molar-refractivity contribution >= 4 is 11.8 Å². The summed E-state index contributed by atoms with van der Waals surface area (Å²) in [6.07, 6.45) is 2.64. The summed E-state index contributed by atoms with van der Waals surface area (Å²) in [5, 5.41) is 12.9. The van der Waals surface area contributed by atoms with Gasteiger partial charge in [-0.15, -0.1) is 0 Å². The van der Waals surface area contributed by atoms with Gasteiger partial charge >= 0.3 is 0 Å². The van der Waals surface area contributed by atoms with E-state index in [4.69, 9.17) is 0 Å².